The van der Waals surface area contributed by atoms with Crippen molar-refractivity contribution in [3.05, 3.63) is 0 Å². The lowest BCUT2D eigenvalue weighted by Crippen LogP contribution is -2.50. The summed E-state index contributed by atoms with van der Waals surface area (Å²) in [5.41, 5.74) is -1.10. The summed E-state index contributed by atoms with van der Waals surface area (Å²) in [4.78, 5) is 26.7. The van der Waals surface area contributed by atoms with Gasteiger partial charge in [0, 0.05) is 19.5 Å². The first-order chi connectivity index (χ1) is 9.69. The van der Waals surface area contributed by atoms with Crippen LogP contribution in [0.25, 0.3) is 0 Å². The molecule has 0 saturated carbocycles. The first-order valence-electron chi connectivity index (χ1n) is 7.27. The van der Waals surface area contributed by atoms with Gasteiger partial charge in [-0.3, -0.25) is 14.5 Å². The first-order valence-corrected chi connectivity index (χ1v) is 7.27. The van der Waals surface area contributed by atoms with Crippen molar-refractivity contribution in [2.24, 2.45) is 5.41 Å². The van der Waals surface area contributed by atoms with Crippen LogP contribution in [-0.4, -0.2) is 69.3 Å². The smallest absolute Gasteiger partial charge is 0.322 e. The summed E-state index contributed by atoms with van der Waals surface area (Å²) < 4.78 is 15.8. The number of ketones is 1. The van der Waals surface area contributed by atoms with Crippen LogP contribution < -0.4 is 0 Å². The topological polar surface area (TPSA) is 65.1 Å². The number of carbonyl (C=O) groups is 2. The molecule has 6 heteroatoms. The van der Waals surface area contributed by atoms with E-state index in [1.807, 2.05) is 0 Å². The summed E-state index contributed by atoms with van der Waals surface area (Å²) in [6, 6.07) is 0. The molecule has 2 fully saturated rings. The van der Waals surface area contributed by atoms with Crippen molar-refractivity contribution in [1.82, 2.24) is 4.90 Å². The fourth-order valence-corrected chi connectivity index (χ4v) is 2.66. The summed E-state index contributed by atoms with van der Waals surface area (Å²) in [5.74, 6) is -0.478. The Morgan fingerprint density at radius 3 is 2.70 bits per heavy atom. The predicted molar refractivity (Wildman–Crippen MR) is 71.4 cm³/mol. The number of esters is 1. The third-order valence-corrected chi connectivity index (χ3v) is 3.98. The van der Waals surface area contributed by atoms with Gasteiger partial charge in [-0.2, -0.15) is 0 Å². The largest absolute Gasteiger partial charge is 0.465 e. The van der Waals surface area contributed by atoms with Crippen LogP contribution in [0.4, 0.5) is 0 Å². The standard InChI is InChI=1S/C14H23NO5/c1-2-20-13(17)14(11-19-8-3-12(14)16)4-5-15-6-9-18-10-7-15/h2-11H2,1H3. The van der Waals surface area contributed by atoms with Gasteiger partial charge in [-0.05, 0) is 19.9 Å². The minimum absolute atomic E-state index is 0.0459. The molecule has 0 radical (unpaired) electrons. The highest BCUT2D eigenvalue weighted by molar-refractivity contribution is 6.04. The Balaban J connectivity index is 2.01. The Bertz CT molecular complexity index is 353. The van der Waals surface area contributed by atoms with Gasteiger partial charge in [-0.25, -0.2) is 0 Å². The van der Waals surface area contributed by atoms with Crippen molar-refractivity contribution in [3.63, 3.8) is 0 Å². The molecule has 0 N–H and O–H groups in total. The van der Waals surface area contributed by atoms with Crippen LogP contribution in [0.5, 0.6) is 0 Å². The van der Waals surface area contributed by atoms with E-state index in [-0.39, 0.29) is 19.0 Å². The van der Waals surface area contributed by atoms with E-state index in [0.29, 0.717) is 39.2 Å². The SMILES string of the molecule is CCOC(=O)C1(CCN2CCOCC2)COCCC1=O. The molecule has 2 aliphatic heterocycles. The number of carbonyl (C=O) groups excluding carboxylic acids is 2. The molecule has 1 unspecified atom stereocenters. The normalized spacial score (nSPS) is 28.4. The van der Waals surface area contributed by atoms with Crippen molar-refractivity contribution in [2.75, 3.05) is 52.7 Å². The molecule has 2 heterocycles. The van der Waals surface area contributed by atoms with Crippen LogP contribution in [0.15, 0.2) is 0 Å². The number of hydrogen-bond donors (Lipinski definition) is 0. The van der Waals surface area contributed by atoms with Gasteiger partial charge in [0.25, 0.3) is 0 Å². The van der Waals surface area contributed by atoms with Gasteiger partial charge in [0.05, 0.1) is 33.0 Å². The van der Waals surface area contributed by atoms with Crippen molar-refractivity contribution in [1.29, 1.82) is 0 Å². The molecule has 0 aromatic rings. The molecular formula is C14H23NO5. The Hall–Kier alpha value is -0.980. The van der Waals surface area contributed by atoms with Gasteiger partial charge in [-0.15, -0.1) is 0 Å². The molecule has 0 spiro atoms. The Labute approximate surface area is 119 Å². The summed E-state index contributed by atoms with van der Waals surface area (Å²) >= 11 is 0. The van der Waals surface area contributed by atoms with E-state index in [9.17, 15) is 9.59 Å². The molecule has 2 rings (SSSR count). The average Bonchev–Trinajstić information content (AvgIpc) is 2.48. The zero-order valence-corrected chi connectivity index (χ0v) is 12.1. The monoisotopic (exact) mass is 285 g/mol. The minimum Gasteiger partial charge on any atom is -0.465 e. The van der Waals surface area contributed by atoms with Crippen LogP contribution in [0.3, 0.4) is 0 Å². The molecule has 0 amide bonds. The Kier molecular flexibility index (Phi) is 5.51. The zero-order chi connectivity index (χ0) is 14.4. The molecule has 20 heavy (non-hydrogen) atoms. The van der Waals surface area contributed by atoms with E-state index >= 15 is 0 Å². The highest BCUT2D eigenvalue weighted by Crippen LogP contribution is 2.31. The van der Waals surface area contributed by atoms with Gasteiger partial charge in [0.1, 0.15) is 0 Å². The van der Waals surface area contributed by atoms with E-state index < -0.39 is 11.4 Å². The Morgan fingerprint density at radius 1 is 1.30 bits per heavy atom. The number of rotatable bonds is 5. The number of ether oxygens (including phenoxy) is 3. The van der Waals surface area contributed by atoms with E-state index in [4.69, 9.17) is 14.2 Å². The fourth-order valence-electron chi connectivity index (χ4n) is 2.66. The van der Waals surface area contributed by atoms with Gasteiger partial charge in [0.2, 0.25) is 0 Å². The average molecular weight is 285 g/mol. The molecule has 2 aliphatic rings. The molecule has 0 bridgehead atoms. The number of morpholine rings is 1. The number of nitrogens with zero attached hydrogens (tertiary/aromatic N) is 1. The second kappa shape index (κ2) is 7.15. The highest BCUT2D eigenvalue weighted by atomic mass is 16.5. The van der Waals surface area contributed by atoms with Crippen LogP contribution in [0, 0.1) is 5.41 Å². The molecule has 0 aromatic carbocycles. The fraction of sp³-hybridized carbons (Fsp3) is 0.857. The number of Topliss-reactive ketones (excluding diaryl/α,β-unsaturated/α-hetero) is 1. The molecule has 6 nitrogen and oxygen atoms in total. The van der Waals surface area contributed by atoms with Crippen LogP contribution in [-0.2, 0) is 23.8 Å². The maximum absolute atomic E-state index is 12.3. The second-order valence-electron chi connectivity index (χ2n) is 5.23. The third kappa shape index (κ3) is 3.37. The van der Waals surface area contributed by atoms with E-state index in [2.05, 4.69) is 4.90 Å². The lowest BCUT2D eigenvalue weighted by atomic mass is 9.78. The predicted octanol–water partition coefficient (Wildman–Crippen LogP) is 0.248. The molecule has 2 saturated heterocycles. The lowest BCUT2D eigenvalue weighted by molar-refractivity contribution is -0.170. The summed E-state index contributed by atoms with van der Waals surface area (Å²) in [5, 5.41) is 0. The molecular weight excluding hydrogens is 262 g/mol. The van der Waals surface area contributed by atoms with E-state index in [0.717, 1.165) is 13.1 Å². The lowest BCUT2D eigenvalue weighted by Gasteiger charge is -2.35. The van der Waals surface area contributed by atoms with Gasteiger partial charge < -0.3 is 14.2 Å². The molecule has 0 aliphatic carbocycles. The third-order valence-electron chi connectivity index (χ3n) is 3.98. The van der Waals surface area contributed by atoms with Gasteiger partial charge in [0.15, 0.2) is 11.2 Å². The van der Waals surface area contributed by atoms with Crippen LogP contribution in [0.1, 0.15) is 19.8 Å². The maximum atomic E-state index is 12.3. The Morgan fingerprint density at radius 2 is 2.05 bits per heavy atom. The second-order valence-corrected chi connectivity index (χ2v) is 5.23. The maximum Gasteiger partial charge on any atom is 0.322 e. The highest BCUT2D eigenvalue weighted by Gasteiger charge is 2.48. The molecule has 114 valence electrons. The minimum atomic E-state index is -1.10. The van der Waals surface area contributed by atoms with E-state index in [1.54, 1.807) is 6.92 Å². The number of hydrogen-bond acceptors (Lipinski definition) is 6. The van der Waals surface area contributed by atoms with Crippen molar-refractivity contribution in [2.45, 2.75) is 19.8 Å². The summed E-state index contributed by atoms with van der Waals surface area (Å²) in [6.45, 7) is 6.37. The van der Waals surface area contributed by atoms with Gasteiger partial charge >= 0.3 is 5.97 Å². The first kappa shape index (κ1) is 15.4. The zero-order valence-electron chi connectivity index (χ0n) is 12.1. The van der Waals surface area contributed by atoms with Crippen LogP contribution >= 0.6 is 0 Å². The molecule has 1 atom stereocenters. The van der Waals surface area contributed by atoms with Crippen molar-refractivity contribution in [3.8, 4) is 0 Å². The quantitative estimate of drug-likeness (QED) is 0.533. The summed E-state index contributed by atoms with van der Waals surface area (Å²) in [6.07, 6.45) is 0.757. The molecule has 0 aromatic heterocycles. The summed E-state index contributed by atoms with van der Waals surface area (Å²) in [7, 11) is 0. The van der Waals surface area contributed by atoms with Crippen molar-refractivity contribution < 1.29 is 23.8 Å². The van der Waals surface area contributed by atoms with E-state index in [1.165, 1.54) is 0 Å². The van der Waals surface area contributed by atoms with Crippen LogP contribution in [0.2, 0.25) is 0 Å². The van der Waals surface area contributed by atoms with Crippen molar-refractivity contribution >= 4 is 11.8 Å². The van der Waals surface area contributed by atoms with Gasteiger partial charge in [-0.1, -0.05) is 0 Å².